The second-order valence-electron chi connectivity index (χ2n) is 5.13. The Bertz CT molecular complexity index is 345. The van der Waals surface area contributed by atoms with Gasteiger partial charge in [-0.15, -0.1) is 0 Å². The molecular formula is C12H22N4O. The number of hydrogen-bond donors (Lipinski definition) is 3. The van der Waals surface area contributed by atoms with Crippen molar-refractivity contribution < 1.29 is 4.79 Å². The second-order valence-corrected chi connectivity index (χ2v) is 5.13. The minimum absolute atomic E-state index is 0.00997. The Morgan fingerprint density at radius 1 is 1.59 bits per heavy atom. The topological polar surface area (TPSA) is 69.8 Å². The molecule has 0 aliphatic carbocycles. The van der Waals surface area contributed by atoms with E-state index in [1.165, 1.54) is 0 Å². The Morgan fingerprint density at radius 2 is 2.29 bits per heavy atom. The SMILES string of the molecule is CC(=O)NC(C)(C)C[C@@H](C)NCc1ccn[nH]1. The predicted octanol–water partition coefficient (Wildman–Crippen LogP) is 1.19. The van der Waals surface area contributed by atoms with Crippen LogP contribution in [-0.2, 0) is 11.3 Å². The molecule has 1 rings (SSSR count). The average molecular weight is 238 g/mol. The van der Waals surface area contributed by atoms with Gasteiger partial charge in [0.05, 0.1) is 0 Å². The lowest BCUT2D eigenvalue weighted by atomic mass is 9.96. The largest absolute Gasteiger partial charge is 0.351 e. The molecular weight excluding hydrogens is 216 g/mol. The Kier molecular flexibility index (Phi) is 4.69. The average Bonchev–Trinajstić information content (AvgIpc) is 2.63. The van der Waals surface area contributed by atoms with Crippen LogP contribution >= 0.6 is 0 Å². The van der Waals surface area contributed by atoms with Crippen molar-refractivity contribution in [1.82, 2.24) is 20.8 Å². The zero-order chi connectivity index (χ0) is 12.9. The molecule has 0 spiro atoms. The number of nitrogens with zero attached hydrogens (tertiary/aromatic N) is 1. The van der Waals surface area contributed by atoms with Crippen LogP contribution < -0.4 is 10.6 Å². The molecule has 17 heavy (non-hydrogen) atoms. The summed E-state index contributed by atoms with van der Waals surface area (Å²) >= 11 is 0. The number of carbonyl (C=O) groups excluding carboxylic acids is 1. The fourth-order valence-corrected chi connectivity index (χ4v) is 2.03. The third kappa shape index (κ3) is 5.49. The molecule has 0 unspecified atom stereocenters. The van der Waals surface area contributed by atoms with Crippen molar-refractivity contribution in [3.8, 4) is 0 Å². The lowest BCUT2D eigenvalue weighted by Crippen LogP contribution is -2.46. The summed E-state index contributed by atoms with van der Waals surface area (Å²) in [5.74, 6) is 0.00997. The first-order valence-corrected chi connectivity index (χ1v) is 5.89. The highest BCUT2D eigenvalue weighted by Gasteiger charge is 2.21. The summed E-state index contributed by atoms with van der Waals surface area (Å²) in [6.07, 6.45) is 2.61. The summed E-state index contributed by atoms with van der Waals surface area (Å²) < 4.78 is 0. The van der Waals surface area contributed by atoms with Gasteiger partial charge in [0.25, 0.3) is 0 Å². The normalized spacial score (nSPS) is 13.4. The van der Waals surface area contributed by atoms with Gasteiger partial charge in [0.2, 0.25) is 5.91 Å². The second kappa shape index (κ2) is 5.82. The van der Waals surface area contributed by atoms with Gasteiger partial charge in [-0.2, -0.15) is 5.10 Å². The number of H-pyrrole nitrogens is 1. The highest BCUT2D eigenvalue weighted by molar-refractivity contribution is 5.73. The number of hydrogen-bond acceptors (Lipinski definition) is 3. The molecule has 0 aromatic carbocycles. The van der Waals surface area contributed by atoms with E-state index < -0.39 is 0 Å². The van der Waals surface area contributed by atoms with Gasteiger partial charge in [0, 0.05) is 36.9 Å². The van der Waals surface area contributed by atoms with Gasteiger partial charge >= 0.3 is 0 Å². The first-order chi connectivity index (χ1) is 7.89. The van der Waals surface area contributed by atoms with E-state index in [1.807, 2.05) is 19.9 Å². The van der Waals surface area contributed by atoms with Gasteiger partial charge in [-0.05, 0) is 33.3 Å². The Balaban J connectivity index is 2.33. The van der Waals surface area contributed by atoms with Crippen LogP contribution in [0.1, 0.15) is 39.8 Å². The summed E-state index contributed by atoms with van der Waals surface area (Å²) in [5, 5.41) is 13.1. The first-order valence-electron chi connectivity index (χ1n) is 5.89. The monoisotopic (exact) mass is 238 g/mol. The summed E-state index contributed by atoms with van der Waals surface area (Å²) in [6.45, 7) is 8.48. The van der Waals surface area contributed by atoms with Crippen molar-refractivity contribution in [2.75, 3.05) is 0 Å². The minimum Gasteiger partial charge on any atom is -0.351 e. The van der Waals surface area contributed by atoms with Crippen LogP contribution in [0.3, 0.4) is 0 Å². The Labute approximate surface area is 102 Å². The van der Waals surface area contributed by atoms with Gasteiger partial charge in [0.1, 0.15) is 0 Å². The maximum Gasteiger partial charge on any atom is 0.217 e. The molecule has 1 amide bonds. The van der Waals surface area contributed by atoms with E-state index in [2.05, 4.69) is 27.8 Å². The molecule has 5 nitrogen and oxygen atoms in total. The first kappa shape index (κ1) is 13.7. The summed E-state index contributed by atoms with van der Waals surface area (Å²) in [7, 11) is 0. The molecule has 1 atom stereocenters. The molecule has 0 fully saturated rings. The molecule has 96 valence electrons. The van der Waals surface area contributed by atoms with Crippen molar-refractivity contribution in [3.05, 3.63) is 18.0 Å². The highest BCUT2D eigenvalue weighted by atomic mass is 16.1. The quantitative estimate of drug-likeness (QED) is 0.697. The van der Waals surface area contributed by atoms with Crippen LogP contribution in [0.4, 0.5) is 0 Å². The molecule has 1 aromatic rings. The molecule has 3 N–H and O–H groups in total. The lowest BCUT2D eigenvalue weighted by Gasteiger charge is -2.29. The minimum atomic E-state index is -0.188. The van der Waals surface area contributed by atoms with Crippen molar-refractivity contribution in [3.63, 3.8) is 0 Å². The fourth-order valence-electron chi connectivity index (χ4n) is 2.03. The van der Waals surface area contributed by atoms with E-state index in [1.54, 1.807) is 13.1 Å². The number of carbonyl (C=O) groups is 1. The molecule has 1 heterocycles. The van der Waals surface area contributed by atoms with Gasteiger partial charge in [-0.3, -0.25) is 9.89 Å². The zero-order valence-electron chi connectivity index (χ0n) is 11.0. The standard InChI is InChI=1S/C12H22N4O/c1-9(7-12(3,4)15-10(2)17)13-8-11-5-6-14-16-11/h5-6,9,13H,7-8H2,1-4H3,(H,14,16)(H,15,17)/t9-/m1/s1. The third-order valence-corrected chi connectivity index (χ3v) is 2.53. The molecule has 1 aromatic heterocycles. The van der Waals surface area contributed by atoms with E-state index in [4.69, 9.17) is 0 Å². The highest BCUT2D eigenvalue weighted by Crippen LogP contribution is 2.11. The van der Waals surface area contributed by atoms with Crippen LogP contribution in [0.25, 0.3) is 0 Å². The van der Waals surface area contributed by atoms with E-state index in [0.29, 0.717) is 6.04 Å². The van der Waals surface area contributed by atoms with Crippen LogP contribution in [0.2, 0.25) is 0 Å². The van der Waals surface area contributed by atoms with E-state index in [0.717, 1.165) is 18.7 Å². The third-order valence-electron chi connectivity index (χ3n) is 2.53. The number of nitrogens with one attached hydrogen (secondary N) is 3. The number of rotatable bonds is 6. The van der Waals surface area contributed by atoms with Crippen molar-refractivity contribution in [1.29, 1.82) is 0 Å². The Morgan fingerprint density at radius 3 is 2.82 bits per heavy atom. The van der Waals surface area contributed by atoms with E-state index in [9.17, 15) is 4.79 Å². The molecule has 0 bridgehead atoms. The van der Waals surface area contributed by atoms with Crippen LogP contribution in [0, 0.1) is 0 Å². The smallest absolute Gasteiger partial charge is 0.217 e. The van der Waals surface area contributed by atoms with Gasteiger partial charge in [-0.1, -0.05) is 0 Å². The van der Waals surface area contributed by atoms with Crippen molar-refractivity contribution >= 4 is 5.91 Å². The predicted molar refractivity (Wildman–Crippen MR) is 67.4 cm³/mol. The summed E-state index contributed by atoms with van der Waals surface area (Å²) in [6, 6.07) is 2.26. The summed E-state index contributed by atoms with van der Waals surface area (Å²) in [4.78, 5) is 11.0. The molecule has 0 saturated heterocycles. The number of aromatic amines is 1. The molecule has 0 saturated carbocycles. The number of amides is 1. The van der Waals surface area contributed by atoms with Crippen LogP contribution in [0.5, 0.6) is 0 Å². The van der Waals surface area contributed by atoms with Crippen molar-refractivity contribution in [2.45, 2.75) is 52.2 Å². The van der Waals surface area contributed by atoms with Crippen molar-refractivity contribution in [2.24, 2.45) is 0 Å². The molecule has 0 radical (unpaired) electrons. The summed E-state index contributed by atoms with van der Waals surface area (Å²) in [5.41, 5.74) is 0.876. The molecule has 0 aliphatic heterocycles. The van der Waals surface area contributed by atoms with E-state index in [-0.39, 0.29) is 11.4 Å². The zero-order valence-corrected chi connectivity index (χ0v) is 11.0. The molecule has 5 heteroatoms. The number of aromatic nitrogens is 2. The van der Waals surface area contributed by atoms with Gasteiger partial charge in [0.15, 0.2) is 0 Å². The van der Waals surface area contributed by atoms with E-state index >= 15 is 0 Å². The molecule has 0 aliphatic rings. The van der Waals surface area contributed by atoms with Gasteiger partial charge < -0.3 is 10.6 Å². The van der Waals surface area contributed by atoms with Gasteiger partial charge in [-0.25, -0.2) is 0 Å². The lowest BCUT2D eigenvalue weighted by molar-refractivity contribution is -0.120. The maximum atomic E-state index is 11.0. The Hall–Kier alpha value is -1.36. The van der Waals surface area contributed by atoms with Crippen LogP contribution in [0.15, 0.2) is 12.3 Å². The van der Waals surface area contributed by atoms with Crippen LogP contribution in [-0.4, -0.2) is 27.7 Å². The fraction of sp³-hybridized carbons (Fsp3) is 0.667. The maximum absolute atomic E-state index is 11.0.